The number of imidazole rings is 1. The van der Waals surface area contributed by atoms with Gasteiger partial charge in [-0.05, 0) is 62.3 Å². The quantitative estimate of drug-likeness (QED) is 0.831. The molecule has 6 heteroatoms. The number of H-pyrrole nitrogens is 1. The van der Waals surface area contributed by atoms with Crippen molar-refractivity contribution in [1.29, 1.82) is 0 Å². The van der Waals surface area contributed by atoms with Gasteiger partial charge in [0, 0.05) is 46.4 Å². The molecule has 1 fully saturated rings. The Labute approximate surface area is 167 Å². The van der Waals surface area contributed by atoms with Crippen LogP contribution in [0.25, 0.3) is 11.0 Å². The Kier molecular flexibility index (Phi) is 6.37. The minimum Gasteiger partial charge on any atom is -0.349 e. The second-order valence-corrected chi connectivity index (χ2v) is 8.31. The zero-order valence-corrected chi connectivity index (χ0v) is 17.5. The van der Waals surface area contributed by atoms with Crippen molar-refractivity contribution in [2.24, 2.45) is 5.92 Å². The van der Waals surface area contributed by atoms with E-state index in [1.807, 2.05) is 4.90 Å². The monoisotopic (exact) mass is 384 g/mol. The van der Waals surface area contributed by atoms with Crippen molar-refractivity contribution in [3.8, 4) is 0 Å². The van der Waals surface area contributed by atoms with Crippen molar-refractivity contribution in [3.05, 3.63) is 29.1 Å². The van der Waals surface area contributed by atoms with Crippen LogP contribution >= 0.6 is 0 Å². The minimum absolute atomic E-state index is 0.166. The molecule has 1 saturated heterocycles. The lowest BCUT2D eigenvalue weighted by Gasteiger charge is -2.33. The maximum Gasteiger partial charge on any atom is 0.223 e. The molecule has 1 N–H and O–H groups in total. The lowest BCUT2D eigenvalue weighted by atomic mass is 9.93. The standard InChI is InChI=1S/C22H32N4O2/c1-15-12-18-19(13-16(15)2)24-20(23-18)8-10-22(28)26-11-5-6-17(14-26)7-9-21(27)25(3)4/h12-13,17H,5-11,14H2,1-4H3,(H,23,24)/t17-/m1/s1. The zero-order chi connectivity index (χ0) is 20.3. The molecule has 0 bridgehead atoms. The number of likely N-dealkylation sites (tertiary alicyclic amines) is 1. The second kappa shape index (κ2) is 8.76. The highest BCUT2D eigenvalue weighted by molar-refractivity contribution is 5.78. The van der Waals surface area contributed by atoms with E-state index in [-0.39, 0.29) is 11.8 Å². The van der Waals surface area contributed by atoms with Crippen LogP contribution in [0.5, 0.6) is 0 Å². The third-order valence-corrected chi connectivity index (χ3v) is 5.86. The minimum atomic E-state index is 0.166. The summed E-state index contributed by atoms with van der Waals surface area (Å²) in [6.45, 7) is 5.79. The van der Waals surface area contributed by atoms with Gasteiger partial charge in [0.2, 0.25) is 11.8 Å². The molecule has 28 heavy (non-hydrogen) atoms. The molecule has 2 amide bonds. The molecule has 0 radical (unpaired) electrons. The summed E-state index contributed by atoms with van der Waals surface area (Å²) in [6.07, 6.45) is 4.66. The highest BCUT2D eigenvalue weighted by Gasteiger charge is 2.24. The smallest absolute Gasteiger partial charge is 0.223 e. The molecule has 1 atom stereocenters. The first kappa shape index (κ1) is 20.4. The van der Waals surface area contributed by atoms with Crippen LogP contribution < -0.4 is 0 Å². The molecule has 1 aliphatic rings. The normalized spacial score (nSPS) is 17.1. The summed E-state index contributed by atoms with van der Waals surface area (Å²) in [5.74, 6) is 1.66. The predicted molar refractivity (Wildman–Crippen MR) is 111 cm³/mol. The highest BCUT2D eigenvalue weighted by atomic mass is 16.2. The number of piperidine rings is 1. The molecular weight excluding hydrogens is 352 g/mol. The number of aromatic amines is 1. The fraction of sp³-hybridized carbons (Fsp3) is 0.591. The maximum absolute atomic E-state index is 12.7. The van der Waals surface area contributed by atoms with Crippen molar-refractivity contribution < 1.29 is 9.59 Å². The van der Waals surface area contributed by atoms with E-state index in [1.165, 1.54) is 11.1 Å². The van der Waals surface area contributed by atoms with Crippen LogP contribution in [0.15, 0.2) is 12.1 Å². The Morgan fingerprint density at radius 2 is 1.96 bits per heavy atom. The number of hydrogen-bond acceptors (Lipinski definition) is 3. The molecule has 6 nitrogen and oxygen atoms in total. The maximum atomic E-state index is 12.7. The van der Waals surface area contributed by atoms with Gasteiger partial charge in [-0.2, -0.15) is 0 Å². The molecule has 3 rings (SSSR count). The summed E-state index contributed by atoms with van der Waals surface area (Å²) in [7, 11) is 3.58. The third kappa shape index (κ3) is 4.91. The van der Waals surface area contributed by atoms with Gasteiger partial charge in [-0.15, -0.1) is 0 Å². The van der Waals surface area contributed by atoms with E-state index in [0.717, 1.165) is 49.2 Å². The van der Waals surface area contributed by atoms with Crippen LogP contribution in [0, 0.1) is 19.8 Å². The van der Waals surface area contributed by atoms with Crippen LogP contribution in [0.3, 0.4) is 0 Å². The average molecular weight is 385 g/mol. The highest BCUT2D eigenvalue weighted by Crippen LogP contribution is 2.22. The first-order valence-electron chi connectivity index (χ1n) is 10.3. The van der Waals surface area contributed by atoms with E-state index < -0.39 is 0 Å². The average Bonchev–Trinajstić information content (AvgIpc) is 3.06. The van der Waals surface area contributed by atoms with Crippen molar-refractivity contribution >= 4 is 22.8 Å². The van der Waals surface area contributed by atoms with Gasteiger partial charge in [-0.3, -0.25) is 9.59 Å². The summed E-state index contributed by atoms with van der Waals surface area (Å²) in [5.41, 5.74) is 4.47. The van der Waals surface area contributed by atoms with Gasteiger partial charge in [0.25, 0.3) is 0 Å². The number of aromatic nitrogens is 2. The number of carbonyl (C=O) groups excluding carboxylic acids is 2. The van der Waals surface area contributed by atoms with Crippen LogP contribution in [0.4, 0.5) is 0 Å². The van der Waals surface area contributed by atoms with E-state index >= 15 is 0 Å². The van der Waals surface area contributed by atoms with Gasteiger partial charge in [0.1, 0.15) is 5.82 Å². The molecule has 0 aliphatic carbocycles. The topological polar surface area (TPSA) is 69.3 Å². The number of nitrogens with one attached hydrogen (secondary N) is 1. The molecule has 0 spiro atoms. The molecule has 0 saturated carbocycles. The molecule has 2 heterocycles. The van der Waals surface area contributed by atoms with Crippen LogP contribution in [0.1, 0.15) is 49.1 Å². The number of benzene rings is 1. The molecule has 1 aromatic heterocycles. The molecular formula is C22H32N4O2. The van der Waals surface area contributed by atoms with E-state index in [9.17, 15) is 9.59 Å². The van der Waals surface area contributed by atoms with Crippen molar-refractivity contribution in [1.82, 2.24) is 19.8 Å². The summed E-state index contributed by atoms with van der Waals surface area (Å²) in [6, 6.07) is 4.21. The second-order valence-electron chi connectivity index (χ2n) is 8.31. The van der Waals surface area contributed by atoms with Gasteiger partial charge in [-0.25, -0.2) is 4.98 Å². The molecule has 152 valence electrons. The van der Waals surface area contributed by atoms with Gasteiger partial charge >= 0.3 is 0 Å². The van der Waals surface area contributed by atoms with Gasteiger partial charge < -0.3 is 14.8 Å². The van der Waals surface area contributed by atoms with Gasteiger partial charge in [0.05, 0.1) is 11.0 Å². The Morgan fingerprint density at radius 3 is 2.71 bits per heavy atom. The lowest BCUT2D eigenvalue weighted by molar-refractivity contribution is -0.133. The van der Waals surface area contributed by atoms with Gasteiger partial charge in [-0.1, -0.05) is 0 Å². The number of fused-ring (bicyclic) bond motifs is 1. The predicted octanol–water partition coefficient (Wildman–Crippen LogP) is 3.22. The Morgan fingerprint density at radius 1 is 1.21 bits per heavy atom. The van der Waals surface area contributed by atoms with Crippen LogP contribution in [0.2, 0.25) is 0 Å². The molecule has 1 aliphatic heterocycles. The Bertz CT molecular complexity index is 817. The number of hydrogen-bond donors (Lipinski definition) is 1. The summed E-state index contributed by atoms with van der Waals surface area (Å²) in [5, 5.41) is 0. The molecule has 2 aromatic rings. The summed E-state index contributed by atoms with van der Waals surface area (Å²) >= 11 is 0. The fourth-order valence-corrected chi connectivity index (χ4v) is 3.90. The number of rotatable bonds is 6. The van der Waals surface area contributed by atoms with E-state index in [0.29, 0.717) is 25.2 Å². The number of amides is 2. The Hall–Kier alpha value is -2.37. The van der Waals surface area contributed by atoms with Crippen molar-refractivity contribution in [3.63, 3.8) is 0 Å². The summed E-state index contributed by atoms with van der Waals surface area (Å²) in [4.78, 5) is 36.1. The largest absolute Gasteiger partial charge is 0.349 e. The summed E-state index contributed by atoms with van der Waals surface area (Å²) < 4.78 is 0. The van der Waals surface area contributed by atoms with Crippen LogP contribution in [-0.4, -0.2) is 58.8 Å². The third-order valence-electron chi connectivity index (χ3n) is 5.86. The fourth-order valence-electron chi connectivity index (χ4n) is 3.90. The number of aryl methyl sites for hydroxylation is 3. The SMILES string of the molecule is Cc1cc2nc(CCC(=O)N3CCC[C@H](CCC(=O)N(C)C)C3)[nH]c2cc1C. The Balaban J connectivity index is 1.52. The zero-order valence-electron chi connectivity index (χ0n) is 17.5. The first-order chi connectivity index (χ1) is 13.3. The van der Waals surface area contributed by atoms with Crippen molar-refractivity contribution in [2.45, 2.75) is 52.4 Å². The van der Waals surface area contributed by atoms with Crippen LogP contribution in [-0.2, 0) is 16.0 Å². The van der Waals surface area contributed by atoms with Gasteiger partial charge in [0.15, 0.2) is 0 Å². The van der Waals surface area contributed by atoms with Crippen molar-refractivity contribution in [2.75, 3.05) is 27.2 Å². The lowest BCUT2D eigenvalue weighted by Crippen LogP contribution is -2.40. The van der Waals surface area contributed by atoms with E-state index in [4.69, 9.17) is 0 Å². The molecule has 1 aromatic carbocycles. The number of carbonyl (C=O) groups is 2. The van der Waals surface area contributed by atoms with E-state index in [2.05, 4.69) is 35.9 Å². The van der Waals surface area contributed by atoms with E-state index in [1.54, 1.807) is 19.0 Å². The number of nitrogens with zero attached hydrogens (tertiary/aromatic N) is 3. The first-order valence-corrected chi connectivity index (χ1v) is 10.3. The molecule has 0 unspecified atom stereocenters.